The van der Waals surface area contributed by atoms with Gasteiger partial charge in [0, 0.05) is 11.1 Å². The van der Waals surface area contributed by atoms with E-state index in [1.807, 2.05) is 26.8 Å². The van der Waals surface area contributed by atoms with Gasteiger partial charge in [0.1, 0.15) is 0 Å². The molecule has 2 aromatic carbocycles. The fourth-order valence-electron chi connectivity index (χ4n) is 2.79. The Kier molecular flexibility index (Phi) is 4.48. The number of aryl methyl sites for hydroxylation is 3. The third kappa shape index (κ3) is 3.10. The van der Waals surface area contributed by atoms with Crippen LogP contribution in [0.5, 0.6) is 0 Å². The third-order valence-electron chi connectivity index (χ3n) is 3.82. The van der Waals surface area contributed by atoms with Gasteiger partial charge in [-0.25, -0.2) is 0 Å². The van der Waals surface area contributed by atoms with Crippen molar-refractivity contribution in [2.75, 3.05) is 5.32 Å². The van der Waals surface area contributed by atoms with Gasteiger partial charge in [0.05, 0.1) is 26.8 Å². The molecule has 0 aliphatic carbocycles. The highest BCUT2D eigenvalue weighted by molar-refractivity contribution is 6.44. The zero-order valence-electron chi connectivity index (χ0n) is 13.6. The molecule has 1 amide bonds. The Bertz CT molecular complexity index is 967. The van der Waals surface area contributed by atoms with Crippen molar-refractivity contribution < 1.29 is 4.79 Å². The lowest BCUT2D eigenvalue weighted by Gasteiger charge is -2.12. The Morgan fingerprint density at radius 2 is 1.83 bits per heavy atom. The molecule has 0 radical (unpaired) electrons. The smallest absolute Gasteiger partial charge is 0.256 e. The van der Waals surface area contributed by atoms with Gasteiger partial charge in [0.15, 0.2) is 0 Å². The fourth-order valence-corrected chi connectivity index (χ4v) is 3.13. The Labute approximate surface area is 150 Å². The number of amides is 1. The zero-order valence-corrected chi connectivity index (χ0v) is 15.1. The molecule has 0 aliphatic heterocycles. The van der Waals surface area contributed by atoms with Crippen LogP contribution in [0.2, 0.25) is 10.0 Å². The van der Waals surface area contributed by atoms with Crippen LogP contribution in [-0.2, 0) is 0 Å². The Balaban J connectivity index is 2.11. The minimum Gasteiger partial charge on any atom is -0.321 e. The summed E-state index contributed by atoms with van der Waals surface area (Å²) in [7, 11) is 0. The average molecular weight is 359 g/mol. The highest BCUT2D eigenvalue weighted by Crippen LogP contribution is 2.31. The molecule has 5 heteroatoms. The van der Waals surface area contributed by atoms with Crippen LogP contribution in [0.1, 0.15) is 27.2 Å². The molecule has 24 heavy (non-hydrogen) atoms. The van der Waals surface area contributed by atoms with Crippen LogP contribution >= 0.6 is 23.2 Å². The van der Waals surface area contributed by atoms with E-state index in [4.69, 9.17) is 23.2 Å². The molecule has 0 spiro atoms. The van der Waals surface area contributed by atoms with E-state index in [9.17, 15) is 4.79 Å². The number of halogens is 2. The Morgan fingerprint density at radius 3 is 2.58 bits per heavy atom. The van der Waals surface area contributed by atoms with E-state index in [-0.39, 0.29) is 5.91 Å². The van der Waals surface area contributed by atoms with Gasteiger partial charge in [0.2, 0.25) is 0 Å². The molecule has 3 nitrogen and oxygen atoms in total. The number of hydrogen-bond acceptors (Lipinski definition) is 2. The first-order chi connectivity index (χ1) is 11.4. The summed E-state index contributed by atoms with van der Waals surface area (Å²) in [6.07, 6.45) is 0. The quantitative estimate of drug-likeness (QED) is 0.636. The number of anilines is 1. The average Bonchev–Trinajstić information content (AvgIpc) is 2.52. The molecular formula is C19H16Cl2N2O. The van der Waals surface area contributed by atoms with Crippen molar-refractivity contribution in [3.63, 3.8) is 0 Å². The molecule has 122 valence electrons. The van der Waals surface area contributed by atoms with Crippen molar-refractivity contribution in [2.45, 2.75) is 20.8 Å². The molecule has 1 N–H and O–H groups in total. The van der Waals surface area contributed by atoms with Crippen LogP contribution < -0.4 is 5.32 Å². The lowest BCUT2D eigenvalue weighted by molar-refractivity contribution is 0.102. The van der Waals surface area contributed by atoms with Gasteiger partial charge in [-0.3, -0.25) is 9.78 Å². The Morgan fingerprint density at radius 1 is 1.08 bits per heavy atom. The van der Waals surface area contributed by atoms with Gasteiger partial charge in [-0.1, -0.05) is 40.9 Å². The van der Waals surface area contributed by atoms with Gasteiger partial charge >= 0.3 is 0 Å². The molecule has 1 aromatic heterocycles. The number of carbonyl (C=O) groups excluding carboxylic acids is 1. The van der Waals surface area contributed by atoms with E-state index >= 15 is 0 Å². The van der Waals surface area contributed by atoms with Crippen molar-refractivity contribution in [3.8, 4) is 0 Å². The van der Waals surface area contributed by atoms with Crippen LogP contribution in [0.15, 0.2) is 36.4 Å². The summed E-state index contributed by atoms with van der Waals surface area (Å²) >= 11 is 12.2. The van der Waals surface area contributed by atoms with Crippen molar-refractivity contribution in [2.24, 2.45) is 0 Å². The van der Waals surface area contributed by atoms with E-state index in [2.05, 4.69) is 16.4 Å². The largest absolute Gasteiger partial charge is 0.321 e. The topological polar surface area (TPSA) is 42.0 Å². The second-order valence-electron chi connectivity index (χ2n) is 5.84. The first-order valence-corrected chi connectivity index (χ1v) is 8.26. The number of fused-ring (bicyclic) bond motifs is 1. The van der Waals surface area contributed by atoms with Gasteiger partial charge in [0.25, 0.3) is 5.91 Å². The number of nitrogens with one attached hydrogen (secondary N) is 1. The molecule has 3 aromatic rings. The number of nitrogens with zero attached hydrogens (tertiary/aromatic N) is 1. The summed E-state index contributed by atoms with van der Waals surface area (Å²) in [6, 6.07) is 11.0. The number of carbonyl (C=O) groups is 1. The van der Waals surface area contributed by atoms with Crippen molar-refractivity contribution in [1.82, 2.24) is 4.98 Å². The van der Waals surface area contributed by atoms with Gasteiger partial charge in [-0.2, -0.15) is 0 Å². The van der Waals surface area contributed by atoms with Crippen LogP contribution in [0.4, 0.5) is 5.69 Å². The molecule has 0 bridgehead atoms. The molecule has 0 unspecified atom stereocenters. The minimum absolute atomic E-state index is 0.236. The number of aromatic nitrogens is 1. The normalized spacial score (nSPS) is 10.9. The zero-order chi connectivity index (χ0) is 17.4. The molecule has 1 heterocycles. The number of hydrogen-bond donors (Lipinski definition) is 1. The highest BCUT2D eigenvalue weighted by Gasteiger charge is 2.15. The molecule has 0 fully saturated rings. The molecule has 0 atom stereocenters. The second kappa shape index (κ2) is 6.42. The summed E-state index contributed by atoms with van der Waals surface area (Å²) in [5.41, 5.74) is 4.81. The maximum Gasteiger partial charge on any atom is 0.256 e. The SMILES string of the molecule is Cc1cc(C)c2nc(C)cc(C(=O)Nc3cccc(Cl)c3Cl)c2c1. The van der Waals surface area contributed by atoms with Crippen LogP contribution in [0.3, 0.4) is 0 Å². The maximum absolute atomic E-state index is 12.8. The van der Waals surface area contributed by atoms with Crippen molar-refractivity contribution in [1.29, 1.82) is 0 Å². The summed E-state index contributed by atoms with van der Waals surface area (Å²) in [4.78, 5) is 17.4. The van der Waals surface area contributed by atoms with Crippen molar-refractivity contribution >= 4 is 45.7 Å². The van der Waals surface area contributed by atoms with E-state index in [1.54, 1.807) is 24.3 Å². The number of pyridine rings is 1. The molecule has 0 aliphatic rings. The van der Waals surface area contributed by atoms with Crippen molar-refractivity contribution in [3.05, 3.63) is 68.8 Å². The minimum atomic E-state index is -0.236. The predicted octanol–water partition coefficient (Wildman–Crippen LogP) is 5.72. The molecule has 3 rings (SSSR count). The summed E-state index contributed by atoms with van der Waals surface area (Å²) in [5.74, 6) is -0.236. The number of benzene rings is 2. The standard InChI is InChI=1S/C19H16Cl2N2O/c1-10-7-11(2)18-13(8-10)14(9-12(3)22-18)19(24)23-16-6-4-5-15(20)17(16)21/h4-9H,1-3H3,(H,23,24). The first kappa shape index (κ1) is 16.7. The van der Waals surface area contributed by atoms with E-state index in [1.165, 1.54) is 0 Å². The van der Waals surface area contributed by atoms with Gasteiger partial charge < -0.3 is 5.32 Å². The Hall–Kier alpha value is -2.10. The fraction of sp³-hybridized carbons (Fsp3) is 0.158. The molecule has 0 saturated carbocycles. The number of rotatable bonds is 2. The lowest BCUT2D eigenvalue weighted by atomic mass is 10.0. The van der Waals surface area contributed by atoms with Gasteiger partial charge in [-0.15, -0.1) is 0 Å². The monoisotopic (exact) mass is 358 g/mol. The molecule has 0 saturated heterocycles. The van der Waals surface area contributed by atoms with Crippen LogP contribution in [0.25, 0.3) is 10.9 Å². The van der Waals surface area contributed by atoms with Gasteiger partial charge in [-0.05, 0) is 50.6 Å². The third-order valence-corrected chi connectivity index (χ3v) is 4.64. The molecular weight excluding hydrogens is 343 g/mol. The highest BCUT2D eigenvalue weighted by atomic mass is 35.5. The summed E-state index contributed by atoms with van der Waals surface area (Å²) in [5, 5.41) is 4.40. The first-order valence-electron chi connectivity index (χ1n) is 7.51. The van der Waals surface area contributed by atoms with Crippen LogP contribution in [-0.4, -0.2) is 10.9 Å². The van der Waals surface area contributed by atoms with E-state index in [0.717, 1.165) is 27.7 Å². The lowest BCUT2D eigenvalue weighted by Crippen LogP contribution is -2.14. The predicted molar refractivity (Wildman–Crippen MR) is 100 cm³/mol. The maximum atomic E-state index is 12.8. The second-order valence-corrected chi connectivity index (χ2v) is 6.63. The van der Waals surface area contributed by atoms with E-state index < -0.39 is 0 Å². The van der Waals surface area contributed by atoms with E-state index in [0.29, 0.717) is 21.3 Å². The summed E-state index contributed by atoms with van der Waals surface area (Å²) < 4.78 is 0. The summed E-state index contributed by atoms with van der Waals surface area (Å²) in [6.45, 7) is 5.88. The van der Waals surface area contributed by atoms with Crippen LogP contribution in [0, 0.1) is 20.8 Å².